The molecule has 1 amide bonds. The van der Waals surface area contributed by atoms with E-state index in [9.17, 15) is 13.6 Å². The predicted octanol–water partition coefficient (Wildman–Crippen LogP) is 3.17. The van der Waals surface area contributed by atoms with Crippen LogP contribution >= 0.6 is 0 Å². The lowest BCUT2D eigenvalue weighted by molar-refractivity contribution is -0.119. The number of nitrogens with one attached hydrogen (secondary N) is 3. The van der Waals surface area contributed by atoms with Crippen LogP contribution in [-0.2, 0) is 4.79 Å². The maximum atomic E-state index is 14.5. The molecule has 4 heterocycles. The van der Waals surface area contributed by atoms with Crippen molar-refractivity contribution in [3.8, 4) is 22.8 Å². The van der Waals surface area contributed by atoms with Crippen LogP contribution in [0.3, 0.4) is 0 Å². The summed E-state index contributed by atoms with van der Waals surface area (Å²) < 4.78 is 34.2. The zero-order chi connectivity index (χ0) is 20.8. The number of aryl methyl sites for hydroxylation is 1. The van der Waals surface area contributed by atoms with Crippen LogP contribution in [0.1, 0.15) is 12.0 Å². The van der Waals surface area contributed by atoms with E-state index in [1.54, 1.807) is 12.3 Å². The maximum Gasteiger partial charge on any atom is 0.316 e. The summed E-state index contributed by atoms with van der Waals surface area (Å²) in [4.78, 5) is 19.1. The summed E-state index contributed by atoms with van der Waals surface area (Å²) in [5.74, 6) is -1.59. The highest BCUT2D eigenvalue weighted by molar-refractivity contribution is 6.01. The molecule has 3 aromatic heterocycles. The number of anilines is 1. The third kappa shape index (κ3) is 3.06. The highest BCUT2D eigenvalue weighted by Crippen LogP contribution is 2.39. The summed E-state index contributed by atoms with van der Waals surface area (Å²) in [6.07, 6.45) is 2.20. The second-order valence-electron chi connectivity index (χ2n) is 7.09. The van der Waals surface area contributed by atoms with E-state index in [4.69, 9.17) is 4.42 Å². The van der Waals surface area contributed by atoms with E-state index in [1.807, 2.05) is 13.0 Å². The molecule has 0 aliphatic carbocycles. The smallest absolute Gasteiger partial charge is 0.316 e. The predicted molar refractivity (Wildman–Crippen MR) is 105 cm³/mol. The van der Waals surface area contributed by atoms with E-state index in [0.717, 1.165) is 11.6 Å². The molecule has 1 aliphatic rings. The van der Waals surface area contributed by atoms with Gasteiger partial charge in [0, 0.05) is 24.2 Å². The Morgan fingerprint density at radius 3 is 2.87 bits per heavy atom. The molecule has 8 nitrogen and oxygen atoms in total. The van der Waals surface area contributed by atoms with Crippen LogP contribution in [0.5, 0.6) is 0 Å². The molecular formula is C20H16F2N6O2. The molecule has 0 saturated carbocycles. The van der Waals surface area contributed by atoms with Gasteiger partial charge in [-0.05, 0) is 37.1 Å². The van der Waals surface area contributed by atoms with Crippen LogP contribution in [-0.4, -0.2) is 38.7 Å². The zero-order valence-corrected chi connectivity index (χ0v) is 15.8. The molecule has 1 unspecified atom stereocenters. The molecule has 1 aliphatic heterocycles. The topological polar surface area (TPSA) is 109 Å². The number of aromatic amines is 1. The van der Waals surface area contributed by atoms with E-state index < -0.39 is 17.7 Å². The van der Waals surface area contributed by atoms with Gasteiger partial charge in [0.15, 0.2) is 0 Å². The normalized spacial score (nSPS) is 16.2. The highest BCUT2D eigenvalue weighted by Gasteiger charge is 2.27. The maximum absolute atomic E-state index is 14.5. The van der Waals surface area contributed by atoms with Gasteiger partial charge >= 0.3 is 6.01 Å². The van der Waals surface area contributed by atoms with E-state index in [2.05, 4.69) is 30.8 Å². The number of fused-ring (bicyclic) bond motifs is 1. The zero-order valence-electron chi connectivity index (χ0n) is 15.8. The average molecular weight is 410 g/mol. The molecule has 0 spiro atoms. The summed E-state index contributed by atoms with van der Waals surface area (Å²) in [5, 5.41) is 13.8. The fourth-order valence-electron chi connectivity index (χ4n) is 3.57. The van der Waals surface area contributed by atoms with Crippen molar-refractivity contribution in [2.75, 3.05) is 11.9 Å². The molecule has 3 N–H and O–H groups in total. The second-order valence-corrected chi connectivity index (χ2v) is 7.09. The van der Waals surface area contributed by atoms with Crippen LogP contribution in [0.15, 0.2) is 34.9 Å². The minimum absolute atomic E-state index is 0.0430. The van der Waals surface area contributed by atoms with Gasteiger partial charge in [-0.3, -0.25) is 9.78 Å². The van der Waals surface area contributed by atoms with Gasteiger partial charge in [0.2, 0.25) is 5.91 Å². The van der Waals surface area contributed by atoms with Crippen LogP contribution in [0.25, 0.3) is 33.7 Å². The number of aromatic nitrogens is 4. The molecule has 10 heteroatoms. The molecule has 1 aromatic carbocycles. The summed E-state index contributed by atoms with van der Waals surface area (Å²) >= 11 is 0. The Kier molecular flexibility index (Phi) is 4.19. The largest absolute Gasteiger partial charge is 0.403 e. The number of hydrogen-bond donors (Lipinski definition) is 3. The molecular weight excluding hydrogens is 394 g/mol. The standard InChI is InChI=1S/C20H16F2N6O2/c1-9-2-4-23-14(6-9)17-15(11-7-10(21)8-12(22)16(11)26-17)19-27-28-20(30-19)25-13-3-5-24-18(13)29/h2,4,6-8,13,26H,3,5H2,1H3,(H,24,29)(H,25,28). The first-order valence-electron chi connectivity index (χ1n) is 9.31. The van der Waals surface area contributed by atoms with E-state index in [1.165, 1.54) is 6.07 Å². The highest BCUT2D eigenvalue weighted by atomic mass is 19.1. The summed E-state index contributed by atoms with van der Waals surface area (Å²) in [6, 6.07) is 5.20. The van der Waals surface area contributed by atoms with Gasteiger partial charge in [0.25, 0.3) is 5.89 Å². The quantitative estimate of drug-likeness (QED) is 0.477. The molecule has 5 rings (SSSR count). The fraction of sp³-hybridized carbons (Fsp3) is 0.200. The molecule has 1 atom stereocenters. The van der Waals surface area contributed by atoms with Gasteiger partial charge in [-0.1, -0.05) is 5.10 Å². The van der Waals surface area contributed by atoms with Crippen LogP contribution in [0.4, 0.5) is 14.8 Å². The van der Waals surface area contributed by atoms with Gasteiger partial charge in [-0.15, -0.1) is 5.10 Å². The minimum atomic E-state index is -0.745. The molecule has 0 radical (unpaired) electrons. The Morgan fingerprint density at radius 2 is 2.10 bits per heavy atom. The second kappa shape index (κ2) is 6.90. The first-order valence-corrected chi connectivity index (χ1v) is 9.31. The Bertz CT molecular complexity index is 1280. The lowest BCUT2D eigenvalue weighted by Gasteiger charge is -2.05. The first-order chi connectivity index (χ1) is 14.5. The SMILES string of the molecule is Cc1ccnc(-c2[nH]c3c(F)cc(F)cc3c2-c2nnc(NC3CCNC3=O)o2)c1. The van der Waals surface area contributed by atoms with E-state index in [0.29, 0.717) is 29.9 Å². The fourth-order valence-corrected chi connectivity index (χ4v) is 3.57. The molecule has 30 heavy (non-hydrogen) atoms. The van der Waals surface area contributed by atoms with Crippen molar-refractivity contribution in [2.24, 2.45) is 0 Å². The summed E-state index contributed by atoms with van der Waals surface area (Å²) in [6.45, 7) is 2.46. The van der Waals surface area contributed by atoms with E-state index in [-0.39, 0.29) is 28.7 Å². The number of rotatable bonds is 4. The van der Waals surface area contributed by atoms with Crippen molar-refractivity contribution < 1.29 is 18.0 Å². The van der Waals surface area contributed by atoms with Gasteiger partial charge in [-0.2, -0.15) is 0 Å². The Labute approximate surface area is 168 Å². The van der Waals surface area contributed by atoms with Crippen molar-refractivity contribution >= 4 is 22.8 Å². The summed E-state index contributed by atoms with van der Waals surface area (Å²) in [5.41, 5.74) is 2.32. The van der Waals surface area contributed by atoms with E-state index >= 15 is 0 Å². The number of halogens is 2. The van der Waals surface area contributed by atoms with Crippen LogP contribution in [0, 0.1) is 18.6 Å². The average Bonchev–Trinajstić information content (AvgIpc) is 3.41. The van der Waals surface area contributed by atoms with Crippen molar-refractivity contribution in [1.29, 1.82) is 0 Å². The Morgan fingerprint density at radius 1 is 1.23 bits per heavy atom. The number of nitrogens with zero attached hydrogens (tertiary/aromatic N) is 3. The molecule has 0 bridgehead atoms. The Balaban J connectivity index is 1.66. The number of pyridine rings is 1. The van der Waals surface area contributed by atoms with Gasteiger partial charge in [-0.25, -0.2) is 8.78 Å². The van der Waals surface area contributed by atoms with Crippen molar-refractivity contribution in [3.63, 3.8) is 0 Å². The molecule has 1 saturated heterocycles. The number of carbonyl (C=O) groups is 1. The number of H-pyrrole nitrogens is 1. The van der Waals surface area contributed by atoms with Crippen LogP contribution < -0.4 is 10.6 Å². The Hall–Kier alpha value is -3.82. The molecule has 1 fully saturated rings. The minimum Gasteiger partial charge on any atom is -0.403 e. The molecule has 4 aromatic rings. The number of amides is 1. The summed E-state index contributed by atoms with van der Waals surface area (Å²) in [7, 11) is 0. The monoisotopic (exact) mass is 410 g/mol. The van der Waals surface area contributed by atoms with Crippen LogP contribution in [0.2, 0.25) is 0 Å². The third-order valence-corrected chi connectivity index (χ3v) is 4.98. The van der Waals surface area contributed by atoms with Crippen molar-refractivity contribution in [2.45, 2.75) is 19.4 Å². The van der Waals surface area contributed by atoms with Gasteiger partial charge < -0.3 is 20.0 Å². The molecule has 152 valence electrons. The lowest BCUT2D eigenvalue weighted by atomic mass is 10.1. The lowest BCUT2D eigenvalue weighted by Crippen LogP contribution is -2.29. The van der Waals surface area contributed by atoms with Crippen molar-refractivity contribution in [3.05, 3.63) is 47.7 Å². The third-order valence-electron chi connectivity index (χ3n) is 4.98. The first kappa shape index (κ1) is 18.2. The van der Waals surface area contributed by atoms with Gasteiger partial charge in [0.05, 0.1) is 22.5 Å². The number of benzene rings is 1. The van der Waals surface area contributed by atoms with Crippen molar-refractivity contribution in [1.82, 2.24) is 25.5 Å². The number of carbonyl (C=O) groups excluding carboxylic acids is 1. The van der Waals surface area contributed by atoms with Gasteiger partial charge in [0.1, 0.15) is 17.7 Å². The number of hydrogen-bond acceptors (Lipinski definition) is 6.